The van der Waals surface area contributed by atoms with E-state index in [4.69, 9.17) is 5.11 Å². The SMILES string of the molecule is CCNC(CO)C1CCC1. The first kappa shape index (κ1) is 8.02. The van der Waals surface area contributed by atoms with Crippen molar-refractivity contribution in [2.75, 3.05) is 13.2 Å². The quantitative estimate of drug-likeness (QED) is 0.609. The lowest BCUT2D eigenvalue weighted by Gasteiger charge is -2.32. The number of rotatable bonds is 4. The van der Waals surface area contributed by atoms with Crippen LogP contribution in [0, 0.1) is 5.92 Å². The first-order chi connectivity index (χ1) is 4.88. The summed E-state index contributed by atoms with van der Waals surface area (Å²) in [6.07, 6.45) is 3.96. The Bertz CT molecular complexity index is 91.3. The molecule has 0 aromatic rings. The first-order valence-electron chi connectivity index (χ1n) is 4.22. The van der Waals surface area contributed by atoms with E-state index in [9.17, 15) is 0 Å². The van der Waals surface area contributed by atoms with E-state index in [1.54, 1.807) is 0 Å². The molecule has 2 nitrogen and oxygen atoms in total. The van der Waals surface area contributed by atoms with E-state index in [-0.39, 0.29) is 0 Å². The highest BCUT2D eigenvalue weighted by Crippen LogP contribution is 2.29. The van der Waals surface area contributed by atoms with Gasteiger partial charge in [0.2, 0.25) is 0 Å². The maximum Gasteiger partial charge on any atom is 0.0587 e. The van der Waals surface area contributed by atoms with Crippen molar-refractivity contribution in [2.24, 2.45) is 5.92 Å². The number of aliphatic hydroxyl groups excluding tert-OH is 1. The molecule has 0 amide bonds. The summed E-state index contributed by atoms with van der Waals surface area (Å²) in [6.45, 7) is 3.36. The zero-order valence-corrected chi connectivity index (χ0v) is 6.64. The van der Waals surface area contributed by atoms with Crippen LogP contribution >= 0.6 is 0 Å². The highest BCUT2D eigenvalue weighted by atomic mass is 16.3. The average molecular weight is 143 g/mol. The highest BCUT2D eigenvalue weighted by Gasteiger charge is 2.25. The lowest BCUT2D eigenvalue weighted by molar-refractivity contribution is 0.151. The van der Waals surface area contributed by atoms with Crippen molar-refractivity contribution in [3.05, 3.63) is 0 Å². The van der Waals surface area contributed by atoms with Gasteiger partial charge in [0.15, 0.2) is 0 Å². The van der Waals surface area contributed by atoms with Gasteiger partial charge in [0, 0.05) is 6.04 Å². The van der Waals surface area contributed by atoms with Gasteiger partial charge < -0.3 is 10.4 Å². The molecule has 0 aromatic heterocycles. The van der Waals surface area contributed by atoms with Crippen molar-refractivity contribution >= 4 is 0 Å². The Morgan fingerprint density at radius 1 is 1.60 bits per heavy atom. The third-order valence-corrected chi connectivity index (χ3v) is 2.38. The Labute approximate surface area is 62.6 Å². The molecular weight excluding hydrogens is 126 g/mol. The zero-order valence-electron chi connectivity index (χ0n) is 6.64. The van der Waals surface area contributed by atoms with E-state index in [1.807, 2.05) is 0 Å². The molecule has 60 valence electrons. The van der Waals surface area contributed by atoms with Gasteiger partial charge in [-0.2, -0.15) is 0 Å². The van der Waals surface area contributed by atoms with Gasteiger partial charge in [0.25, 0.3) is 0 Å². The summed E-state index contributed by atoms with van der Waals surface area (Å²) in [5.41, 5.74) is 0. The van der Waals surface area contributed by atoms with E-state index in [1.165, 1.54) is 19.3 Å². The van der Waals surface area contributed by atoms with Crippen LogP contribution in [0.2, 0.25) is 0 Å². The Kier molecular flexibility index (Phi) is 3.16. The summed E-state index contributed by atoms with van der Waals surface area (Å²) < 4.78 is 0. The number of hydrogen-bond acceptors (Lipinski definition) is 2. The average Bonchev–Trinajstić information content (AvgIpc) is 1.83. The second kappa shape index (κ2) is 3.94. The molecule has 1 saturated carbocycles. The van der Waals surface area contributed by atoms with Gasteiger partial charge in [0.05, 0.1) is 6.61 Å². The molecule has 2 heteroatoms. The van der Waals surface area contributed by atoms with Crippen LogP contribution in [0.15, 0.2) is 0 Å². The summed E-state index contributed by atoms with van der Waals surface area (Å²) >= 11 is 0. The second-order valence-corrected chi connectivity index (χ2v) is 3.04. The van der Waals surface area contributed by atoms with E-state index in [2.05, 4.69) is 12.2 Å². The van der Waals surface area contributed by atoms with Gasteiger partial charge >= 0.3 is 0 Å². The van der Waals surface area contributed by atoms with Gasteiger partial charge in [0.1, 0.15) is 0 Å². The summed E-state index contributed by atoms with van der Waals surface area (Å²) in [6, 6.07) is 0.374. The molecule has 1 fully saturated rings. The van der Waals surface area contributed by atoms with Gasteiger partial charge in [-0.1, -0.05) is 13.3 Å². The molecule has 0 heterocycles. The van der Waals surface area contributed by atoms with Crippen LogP contribution in [0.5, 0.6) is 0 Å². The molecule has 1 unspecified atom stereocenters. The topological polar surface area (TPSA) is 32.3 Å². The molecular formula is C8H17NO. The van der Waals surface area contributed by atoms with Crippen molar-refractivity contribution in [3.63, 3.8) is 0 Å². The van der Waals surface area contributed by atoms with Gasteiger partial charge in [-0.05, 0) is 25.3 Å². The third-order valence-electron chi connectivity index (χ3n) is 2.38. The minimum Gasteiger partial charge on any atom is -0.395 e. The molecule has 0 saturated heterocycles. The summed E-state index contributed by atoms with van der Waals surface area (Å²) in [5, 5.41) is 12.2. The minimum atomic E-state index is 0.304. The Hall–Kier alpha value is -0.0800. The summed E-state index contributed by atoms with van der Waals surface area (Å²) in [5.74, 6) is 0.755. The fourth-order valence-electron chi connectivity index (χ4n) is 1.48. The van der Waals surface area contributed by atoms with Crippen molar-refractivity contribution < 1.29 is 5.11 Å². The van der Waals surface area contributed by atoms with Crippen molar-refractivity contribution in [1.29, 1.82) is 0 Å². The largest absolute Gasteiger partial charge is 0.395 e. The monoisotopic (exact) mass is 143 g/mol. The molecule has 2 N–H and O–H groups in total. The Morgan fingerprint density at radius 3 is 2.60 bits per heavy atom. The maximum atomic E-state index is 8.93. The molecule has 1 aliphatic rings. The zero-order chi connectivity index (χ0) is 7.40. The fraction of sp³-hybridized carbons (Fsp3) is 1.00. The smallest absolute Gasteiger partial charge is 0.0587 e. The number of aliphatic hydroxyl groups is 1. The van der Waals surface area contributed by atoms with Crippen LogP contribution < -0.4 is 5.32 Å². The second-order valence-electron chi connectivity index (χ2n) is 3.04. The van der Waals surface area contributed by atoms with Crippen LogP contribution in [-0.2, 0) is 0 Å². The molecule has 0 aromatic carbocycles. The van der Waals surface area contributed by atoms with E-state index >= 15 is 0 Å². The molecule has 1 rings (SSSR count). The van der Waals surface area contributed by atoms with Crippen LogP contribution in [0.25, 0.3) is 0 Å². The number of nitrogens with one attached hydrogen (secondary N) is 1. The molecule has 0 bridgehead atoms. The Morgan fingerprint density at radius 2 is 2.30 bits per heavy atom. The molecule has 0 radical (unpaired) electrons. The van der Waals surface area contributed by atoms with Crippen LogP contribution in [0.3, 0.4) is 0 Å². The molecule has 0 spiro atoms. The van der Waals surface area contributed by atoms with Gasteiger partial charge in [-0.3, -0.25) is 0 Å². The molecule has 1 atom stereocenters. The summed E-state index contributed by atoms with van der Waals surface area (Å²) in [4.78, 5) is 0. The highest BCUT2D eigenvalue weighted by molar-refractivity contribution is 4.81. The fourth-order valence-corrected chi connectivity index (χ4v) is 1.48. The van der Waals surface area contributed by atoms with E-state index in [0.717, 1.165) is 12.5 Å². The van der Waals surface area contributed by atoms with Gasteiger partial charge in [-0.25, -0.2) is 0 Å². The lowest BCUT2D eigenvalue weighted by atomic mass is 9.80. The Balaban J connectivity index is 2.17. The first-order valence-corrected chi connectivity index (χ1v) is 4.22. The summed E-state index contributed by atoms with van der Waals surface area (Å²) in [7, 11) is 0. The predicted molar refractivity (Wildman–Crippen MR) is 41.9 cm³/mol. The van der Waals surface area contributed by atoms with Crippen molar-refractivity contribution in [2.45, 2.75) is 32.2 Å². The van der Waals surface area contributed by atoms with Crippen molar-refractivity contribution in [3.8, 4) is 0 Å². The third kappa shape index (κ3) is 1.70. The molecule has 10 heavy (non-hydrogen) atoms. The lowest BCUT2D eigenvalue weighted by Crippen LogP contribution is -2.42. The van der Waals surface area contributed by atoms with Crippen LogP contribution in [0.1, 0.15) is 26.2 Å². The van der Waals surface area contributed by atoms with Crippen molar-refractivity contribution in [1.82, 2.24) is 5.32 Å². The number of hydrogen-bond donors (Lipinski definition) is 2. The van der Waals surface area contributed by atoms with Crippen LogP contribution in [0.4, 0.5) is 0 Å². The van der Waals surface area contributed by atoms with E-state index < -0.39 is 0 Å². The maximum absolute atomic E-state index is 8.93. The molecule has 1 aliphatic carbocycles. The minimum absolute atomic E-state index is 0.304. The predicted octanol–water partition coefficient (Wildman–Crippen LogP) is 0.757. The number of likely N-dealkylation sites (N-methyl/N-ethyl adjacent to an activating group) is 1. The normalized spacial score (nSPS) is 22.2. The standard InChI is InChI=1S/C8H17NO/c1-2-9-8(6-10)7-4-3-5-7/h7-10H,2-6H2,1H3. The molecule has 0 aliphatic heterocycles. The van der Waals surface area contributed by atoms with Gasteiger partial charge in [-0.15, -0.1) is 0 Å². The van der Waals surface area contributed by atoms with Crippen LogP contribution in [-0.4, -0.2) is 24.3 Å². The van der Waals surface area contributed by atoms with E-state index in [0.29, 0.717) is 12.6 Å².